The van der Waals surface area contributed by atoms with Crippen LogP contribution in [0.1, 0.15) is 83.5 Å². The van der Waals surface area contributed by atoms with E-state index in [1.807, 2.05) is 0 Å². The molecule has 4 aliphatic carbocycles. The average Bonchev–Trinajstić information content (AvgIpc) is 3.50. The molecule has 0 radical (unpaired) electrons. The van der Waals surface area contributed by atoms with Crippen molar-refractivity contribution in [3.63, 3.8) is 0 Å². The van der Waals surface area contributed by atoms with Gasteiger partial charge >= 0.3 is 0 Å². The van der Waals surface area contributed by atoms with Crippen LogP contribution in [0.15, 0.2) is 18.2 Å². The lowest BCUT2D eigenvalue weighted by molar-refractivity contribution is -0.135. The van der Waals surface area contributed by atoms with E-state index in [0.29, 0.717) is 36.6 Å². The van der Waals surface area contributed by atoms with E-state index in [0.717, 1.165) is 31.9 Å². The highest BCUT2D eigenvalue weighted by Gasteiger charge is 2.60. The van der Waals surface area contributed by atoms with Gasteiger partial charge in [0, 0.05) is 25.2 Å². The van der Waals surface area contributed by atoms with E-state index >= 15 is 0 Å². The Hall–Kier alpha value is -2.37. The van der Waals surface area contributed by atoms with Gasteiger partial charge in [-0.15, -0.1) is 0 Å². The number of carbonyl (C=O) groups is 2. The van der Waals surface area contributed by atoms with E-state index < -0.39 is 11.2 Å². The molecule has 5 aliphatic rings. The predicted molar refractivity (Wildman–Crippen MR) is 156 cm³/mol. The number of piperidine rings is 1. The van der Waals surface area contributed by atoms with E-state index in [1.54, 1.807) is 0 Å². The van der Waals surface area contributed by atoms with Crippen molar-refractivity contribution in [2.45, 2.75) is 95.6 Å². The minimum absolute atomic E-state index is 0.00312. The number of halogens is 2. The number of nitriles is 1. The maximum absolute atomic E-state index is 13.6. The van der Waals surface area contributed by atoms with Gasteiger partial charge in [-0.2, -0.15) is 5.26 Å². The van der Waals surface area contributed by atoms with Crippen molar-refractivity contribution in [1.29, 1.82) is 5.26 Å². The summed E-state index contributed by atoms with van der Waals surface area (Å²) >= 11 is 5.70. The summed E-state index contributed by atoms with van der Waals surface area (Å²) in [6.45, 7) is 1.19. The van der Waals surface area contributed by atoms with E-state index in [-0.39, 0.29) is 41.3 Å². The van der Waals surface area contributed by atoms with Gasteiger partial charge in [-0.3, -0.25) is 9.59 Å². The Bertz CT molecular complexity index is 1110. The molecule has 0 spiro atoms. The van der Waals surface area contributed by atoms with Gasteiger partial charge in [-0.1, -0.05) is 69.4 Å². The van der Waals surface area contributed by atoms with Crippen LogP contribution in [0.4, 0.5) is 4.39 Å². The smallest absolute Gasteiger partial charge is 0.258 e. The van der Waals surface area contributed by atoms with Gasteiger partial charge < -0.3 is 20.7 Å². The molecule has 7 nitrogen and oxygen atoms in total. The lowest BCUT2D eigenvalue weighted by atomic mass is 9.68. The number of rotatable bonds is 8. The molecule has 6 rings (SSSR count). The number of hydrogen-bond acceptors (Lipinski definition) is 5. The molecule has 4 atom stereocenters. The number of fused-ring (bicyclic) bond motifs is 1. The fraction of sp³-hybridized carbons (Fsp3) is 0.719. The zero-order chi connectivity index (χ0) is 28.8. The van der Waals surface area contributed by atoms with Gasteiger partial charge in [-0.05, 0) is 61.5 Å². The normalized spacial score (nSPS) is 32.3. The molecule has 3 N–H and O–H groups in total. The zero-order valence-corrected chi connectivity index (χ0v) is 24.7. The fourth-order valence-electron chi connectivity index (χ4n) is 7.97. The highest BCUT2D eigenvalue weighted by Crippen LogP contribution is 2.59. The number of benzene rings is 1. The number of nitrogens with zero attached hydrogens (tertiary/aromatic N) is 1. The summed E-state index contributed by atoms with van der Waals surface area (Å²) in [7, 11) is 0. The molecule has 2 amide bonds. The highest BCUT2D eigenvalue weighted by molar-refractivity contribution is 6.30. The zero-order valence-electron chi connectivity index (χ0n) is 23.9. The number of amides is 2. The molecule has 4 unspecified atom stereocenters. The maximum Gasteiger partial charge on any atom is 0.258 e. The van der Waals surface area contributed by atoms with Gasteiger partial charge in [-0.25, -0.2) is 4.39 Å². The quantitative estimate of drug-likeness (QED) is 0.372. The standard InChI is InChI=1S/C32H44ClFN4O3/c33-27-11-10-25(13-28(27)34)41-20-30(39)38-29-16-32(14-22(29)15-32)31(40)37-19-23-18-36-24(17-35)12-26(23)21-8-6-4-2-1-3-5-7-9-21/h10-11,13,21-24,26,29,36H,1-9,12,14-16,18-20H2,(H,37,40)(H,38,39). The third kappa shape index (κ3) is 7.35. The Morgan fingerprint density at radius 1 is 1.07 bits per heavy atom. The summed E-state index contributed by atoms with van der Waals surface area (Å²) in [5.41, 5.74) is -0.411. The fourth-order valence-corrected chi connectivity index (χ4v) is 8.08. The molecule has 1 saturated heterocycles. The first-order valence-corrected chi connectivity index (χ1v) is 16.0. The summed E-state index contributed by atoms with van der Waals surface area (Å²) in [5.74, 6) is 1.18. The highest BCUT2D eigenvalue weighted by atomic mass is 35.5. The van der Waals surface area contributed by atoms with E-state index in [4.69, 9.17) is 16.3 Å². The van der Waals surface area contributed by atoms with Crippen LogP contribution < -0.4 is 20.7 Å². The Morgan fingerprint density at radius 2 is 1.78 bits per heavy atom. The SMILES string of the molecule is N#CC1CC(C2CCCCCCCCC2)C(CNC(=O)C23CC(C2)C(NC(=O)COc2ccc(Cl)c(F)c2)C3)CN1. The Labute approximate surface area is 248 Å². The van der Waals surface area contributed by atoms with E-state index in [9.17, 15) is 19.2 Å². The Kier molecular flexibility index (Phi) is 10.1. The molecule has 9 heteroatoms. The summed E-state index contributed by atoms with van der Waals surface area (Å²) in [6, 6.07) is 6.37. The summed E-state index contributed by atoms with van der Waals surface area (Å²) in [6.07, 6.45) is 14.7. The largest absolute Gasteiger partial charge is 0.484 e. The van der Waals surface area contributed by atoms with Gasteiger partial charge in [0.25, 0.3) is 5.91 Å². The molecule has 2 bridgehead atoms. The van der Waals surface area contributed by atoms with Crippen molar-refractivity contribution in [2.24, 2.45) is 29.1 Å². The molecular weight excluding hydrogens is 543 g/mol. The molecule has 4 saturated carbocycles. The van der Waals surface area contributed by atoms with Crippen molar-refractivity contribution in [1.82, 2.24) is 16.0 Å². The first-order chi connectivity index (χ1) is 19.9. The van der Waals surface area contributed by atoms with Gasteiger partial charge in [0.05, 0.1) is 22.5 Å². The van der Waals surface area contributed by atoms with Crippen LogP contribution in [0.2, 0.25) is 5.02 Å². The summed E-state index contributed by atoms with van der Waals surface area (Å²) in [4.78, 5) is 26.0. The molecule has 224 valence electrons. The first kappa shape index (κ1) is 30.1. The minimum atomic E-state index is -0.593. The monoisotopic (exact) mass is 586 g/mol. The van der Waals surface area contributed by atoms with Crippen molar-refractivity contribution < 1.29 is 18.7 Å². The molecule has 1 heterocycles. The molecule has 41 heavy (non-hydrogen) atoms. The molecule has 1 aromatic carbocycles. The van der Waals surface area contributed by atoms with Gasteiger partial charge in [0.1, 0.15) is 11.6 Å². The van der Waals surface area contributed by atoms with Crippen LogP contribution in [-0.4, -0.2) is 43.6 Å². The minimum Gasteiger partial charge on any atom is -0.484 e. The molecule has 1 aliphatic heterocycles. The second kappa shape index (κ2) is 13.7. The number of hydrogen-bond donors (Lipinski definition) is 3. The van der Waals surface area contributed by atoms with E-state index in [1.165, 1.54) is 69.9 Å². The van der Waals surface area contributed by atoms with Crippen molar-refractivity contribution in [3.05, 3.63) is 29.0 Å². The van der Waals surface area contributed by atoms with Gasteiger partial charge in [0.2, 0.25) is 5.91 Å². The Balaban J connectivity index is 1.11. The predicted octanol–water partition coefficient (Wildman–Crippen LogP) is 5.52. The summed E-state index contributed by atoms with van der Waals surface area (Å²) in [5, 5.41) is 19.4. The van der Waals surface area contributed by atoms with Crippen LogP contribution >= 0.6 is 11.6 Å². The lowest BCUT2D eigenvalue weighted by Gasteiger charge is -2.41. The van der Waals surface area contributed by atoms with Crippen molar-refractivity contribution in [3.8, 4) is 11.8 Å². The summed E-state index contributed by atoms with van der Waals surface area (Å²) < 4.78 is 19.1. The molecule has 1 aromatic rings. The first-order valence-electron chi connectivity index (χ1n) is 15.7. The number of nitrogens with one attached hydrogen (secondary N) is 3. The van der Waals surface area contributed by atoms with Crippen LogP contribution in [0.3, 0.4) is 0 Å². The van der Waals surface area contributed by atoms with E-state index in [2.05, 4.69) is 22.0 Å². The van der Waals surface area contributed by atoms with Gasteiger partial charge in [0.15, 0.2) is 6.61 Å². The van der Waals surface area contributed by atoms with Crippen LogP contribution in [0.25, 0.3) is 0 Å². The third-order valence-electron chi connectivity index (χ3n) is 10.3. The van der Waals surface area contributed by atoms with Crippen molar-refractivity contribution >= 4 is 23.4 Å². The van der Waals surface area contributed by atoms with Crippen LogP contribution in [0, 0.1) is 46.2 Å². The third-order valence-corrected chi connectivity index (χ3v) is 10.6. The topological polar surface area (TPSA) is 103 Å². The lowest BCUT2D eigenvalue weighted by Crippen LogP contribution is -2.52. The number of ether oxygens (including phenoxy) is 1. The van der Waals surface area contributed by atoms with Crippen LogP contribution in [0.5, 0.6) is 5.75 Å². The average molecular weight is 587 g/mol. The van der Waals surface area contributed by atoms with Crippen molar-refractivity contribution in [2.75, 3.05) is 19.7 Å². The number of carbonyl (C=O) groups excluding carboxylic acids is 2. The molecular formula is C32H44ClFN4O3. The molecule has 0 aromatic heterocycles. The second-order valence-corrected chi connectivity index (χ2v) is 13.4. The molecule has 5 fully saturated rings. The maximum atomic E-state index is 13.6. The second-order valence-electron chi connectivity index (χ2n) is 13.0. The van der Waals surface area contributed by atoms with Crippen LogP contribution in [-0.2, 0) is 9.59 Å². The Morgan fingerprint density at radius 3 is 2.46 bits per heavy atom.